The van der Waals surface area contributed by atoms with Crippen molar-refractivity contribution < 1.29 is 9.53 Å². The van der Waals surface area contributed by atoms with E-state index in [-0.39, 0.29) is 0 Å². The molecule has 0 aliphatic carbocycles. The highest BCUT2D eigenvalue weighted by Crippen LogP contribution is 2.35. The smallest absolute Gasteiger partial charge is 0.405 e. The Bertz CT molecular complexity index is 602. The average Bonchev–Trinajstić information content (AvgIpc) is 2.54. The Morgan fingerprint density at radius 1 is 1.50 bits per heavy atom. The van der Waals surface area contributed by atoms with Crippen LogP contribution in [0.4, 0.5) is 10.5 Å². The highest BCUT2D eigenvalue weighted by molar-refractivity contribution is 8.13. The van der Waals surface area contributed by atoms with E-state index in [1.165, 1.54) is 0 Å². The number of aliphatic imine (C=N–C) groups is 1. The number of benzene rings is 1. The number of amides is 1. The first-order valence-electron chi connectivity index (χ1n) is 7.17. The van der Waals surface area contributed by atoms with Gasteiger partial charge in [0.15, 0.2) is 0 Å². The number of rotatable bonds is 3. The van der Waals surface area contributed by atoms with Crippen molar-refractivity contribution in [1.29, 1.82) is 0 Å². The lowest BCUT2D eigenvalue weighted by Gasteiger charge is -2.28. The van der Waals surface area contributed by atoms with Gasteiger partial charge in [-0.1, -0.05) is 11.6 Å². The van der Waals surface area contributed by atoms with Crippen molar-refractivity contribution >= 4 is 40.2 Å². The number of fused-ring (bicyclic) bond motifs is 1. The molecule has 1 heterocycles. The molecule has 0 aromatic heterocycles. The van der Waals surface area contributed by atoms with E-state index in [4.69, 9.17) is 27.1 Å². The van der Waals surface area contributed by atoms with Crippen molar-refractivity contribution in [3.05, 3.63) is 28.8 Å². The largest absolute Gasteiger partial charge is 0.444 e. The van der Waals surface area contributed by atoms with Crippen LogP contribution in [0, 0.1) is 5.92 Å². The molecule has 0 saturated carbocycles. The van der Waals surface area contributed by atoms with Gasteiger partial charge in [0, 0.05) is 5.02 Å². The monoisotopic (exact) mass is 340 g/mol. The predicted molar refractivity (Wildman–Crippen MR) is 93.2 cm³/mol. The molecule has 1 aliphatic heterocycles. The van der Waals surface area contributed by atoms with E-state index < -0.39 is 11.7 Å². The number of carbonyl (C=O) groups is 1. The van der Waals surface area contributed by atoms with Gasteiger partial charge in [0.1, 0.15) is 5.60 Å². The first-order valence-corrected chi connectivity index (χ1v) is 8.78. The number of nitrogens with two attached hydrogens (primary N) is 1. The molecule has 22 heavy (non-hydrogen) atoms. The Labute approximate surface area is 140 Å². The summed E-state index contributed by atoms with van der Waals surface area (Å²) in [4.78, 5) is 15.8. The van der Waals surface area contributed by atoms with Gasteiger partial charge in [0.2, 0.25) is 0 Å². The van der Waals surface area contributed by atoms with E-state index in [9.17, 15) is 4.79 Å². The third-order valence-corrected chi connectivity index (χ3v) is 4.62. The Morgan fingerprint density at radius 2 is 2.23 bits per heavy atom. The van der Waals surface area contributed by atoms with Crippen molar-refractivity contribution in [1.82, 2.24) is 0 Å². The number of halogens is 1. The number of ether oxygens (including phenoxy) is 1. The zero-order valence-corrected chi connectivity index (χ0v) is 14.6. The van der Waals surface area contributed by atoms with Crippen LogP contribution in [0.5, 0.6) is 0 Å². The summed E-state index contributed by atoms with van der Waals surface area (Å²) in [5.74, 6) is 0.320. The third-order valence-electron chi connectivity index (χ3n) is 3.65. The van der Waals surface area contributed by atoms with Gasteiger partial charge < -0.3 is 10.5 Å². The number of carbonyl (C=O) groups excluding carboxylic acids is 1. The molecule has 0 saturated heterocycles. The quantitative estimate of drug-likeness (QED) is 0.877. The molecule has 0 bridgehead atoms. The molecule has 120 valence electrons. The molecule has 0 radical (unpaired) electrons. The van der Waals surface area contributed by atoms with E-state index >= 15 is 0 Å². The van der Waals surface area contributed by atoms with Gasteiger partial charge in [-0.15, -0.1) is 11.8 Å². The molecule has 0 spiro atoms. The van der Waals surface area contributed by atoms with Crippen molar-refractivity contribution in [2.45, 2.75) is 38.7 Å². The van der Waals surface area contributed by atoms with Crippen LogP contribution < -0.4 is 5.73 Å². The molecular weight excluding hydrogens is 320 g/mol. The molecule has 1 aromatic carbocycles. The van der Waals surface area contributed by atoms with Crippen LogP contribution in [0.15, 0.2) is 23.2 Å². The maximum absolute atomic E-state index is 11.0. The third kappa shape index (κ3) is 4.65. The molecule has 1 atom stereocenters. The topological polar surface area (TPSA) is 64.7 Å². The second-order valence-electron chi connectivity index (χ2n) is 6.14. The van der Waals surface area contributed by atoms with Crippen LogP contribution in [0.25, 0.3) is 0 Å². The second-order valence-corrected chi connectivity index (χ2v) is 7.46. The summed E-state index contributed by atoms with van der Waals surface area (Å²) >= 11 is 7.77. The van der Waals surface area contributed by atoms with Gasteiger partial charge in [-0.2, -0.15) is 0 Å². The summed E-state index contributed by atoms with van der Waals surface area (Å²) in [6.45, 7) is 3.77. The van der Waals surface area contributed by atoms with Gasteiger partial charge in [-0.3, -0.25) is 0 Å². The first-order chi connectivity index (χ1) is 10.3. The van der Waals surface area contributed by atoms with Gasteiger partial charge >= 0.3 is 6.09 Å². The van der Waals surface area contributed by atoms with Crippen molar-refractivity contribution in [2.75, 3.05) is 6.26 Å². The highest BCUT2D eigenvalue weighted by atomic mass is 35.5. The highest BCUT2D eigenvalue weighted by Gasteiger charge is 2.29. The molecule has 0 fully saturated rings. The second kappa shape index (κ2) is 6.92. The van der Waals surface area contributed by atoms with Crippen molar-refractivity contribution in [2.24, 2.45) is 16.6 Å². The molecule has 1 aliphatic rings. The minimum atomic E-state index is -0.735. The normalized spacial score (nSPS) is 18.2. The number of primary amides is 1. The fourth-order valence-electron chi connectivity index (χ4n) is 2.92. The maximum atomic E-state index is 11.0. The zero-order chi connectivity index (χ0) is 16.3. The summed E-state index contributed by atoms with van der Waals surface area (Å²) in [5, 5.41) is 1.80. The summed E-state index contributed by atoms with van der Waals surface area (Å²) < 4.78 is 5.23. The van der Waals surface area contributed by atoms with Crippen LogP contribution in [-0.2, 0) is 11.2 Å². The first kappa shape index (κ1) is 17.2. The van der Waals surface area contributed by atoms with E-state index in [1.54, 1.807) is 11.8 Å². The van der Waals surface area contributed by atoms with Crippen LogP contribution in [0.3, 0.4) is 0 Å². The lowest BCUT2D eigenvalue weighted by molar-refractivity contribution is 0.0273. The Hall–Kier alpha value is -1.20. The van der Waals surface area contributed by atoms with Gasteiger partial charge in [-0.05, 0) is 69.0 Å². The molecule has 1 aromatic rings. The summed E-state index contributed by atoms with van der Waals surface area (Å²) in [7, 11) is 0. The Kier molecular flexibility index (Phi) is 5.40. The van der Waals surface area contributed by atoms with Crippen LogP contribution >= 0.6 is 23.4 Å². The summed E-state index contributed by atoms with van der Waals surface area (Å²) in [6.07, 6.45) is 3.73. The van der Waals surface area contributed by atoms with E-state index in [0.29, 0.717) is 10.9 Å². The van der Waals surface area contributed by atoms with Gasteiger partial charge in [-0.25, -0.2) is 9.79 Å². The standard InChI is InChI=1S/C16H21ClN2O2S/c1-16(2,21-15(18)20)9-10-6-11-8-12(17)4-5-13(11)19-14(7-10)22-3/h4-5,8,10H,6-7,9H2,1-3H3,(H2,18,20). The molecule has 6 heteroatoms. The fourth-order valence-corrected chi connectivity index (χ4v) is 3.71. The lowest BCUT2D eigenvalue weighted by Crippen LogP contribution is -2.34. The van der Waals surface area contributed by atoms with E-state index in [0.717, 1.165) is 35.6 Å². The number of hydrogen-bond donors (Lipinski definition) is 1. The van der Waals surface area contributed by atoms with Gasteiger partial charge in [0.05, 0.1) is 10.7 Å². The number of nitrogens with zero attached hydrogens (tertiary/aromatic N) is 1. The maximum Gasteiger partial charge on any atom is 0.405 e. The molecule has 2 N–H and O–H groups in total. The molecule has 1 amide bonds. The summed E-state index contributed by atoms with van der Waals surface area (Å²) in [5.41, 5.74) is 6.68. The van der Waals surface area contributed by atoms with E-state index in [2.05, 4.69) is 0 Å². The minimum absolute atomic E-state index is 0.320. The fraction of sp³-hybridized carbons (Fsp3) is 0.500. The minimum Gasteiger partial charge on any atom is -0.444 e. The average molecular weight is 341 g/mol. The SMILES string of the molecule is CSC1=Nc2ccc(Cl)cc2CC(CC(C)(C)OC(N)=O)C1. The summed E-state index contributed by atoms with van der Waals surface area (Å²) in [6, 6.07) is 5.79. The predicted octanol–water partition coefficient (Wildman–Crippen LogP) is 4.56. The van der Waals surface area contributed by atoms with E-state index in [1.807, 2.05) is 38.3 Å². The van der Waals surface area contributed by atoms with Crippen LogP contribution in [0.1, 0.15) is 32.3 Å². The number of hydrogen-bond acceptors (Lipinski definition) is 4. The molecular formula is C16H21ClN2O2S. The number of thioether (sulfide) groups is 1. The zero-order valence-electron chi connectivity index (χ0n) is 13.1. The van der Waals surface area contributed by atoms with Crippen molar-refractivity contribution in [3.63, 3.8) is 0 Å². The van der Waals surface area contributed by atoms with Crippen LogP contribution in [-0.4, -0.2) is 23.0 Å². The Morgan fingerprint density at radius 3 is 2.86 bits per heavy atom. The molecule has 2 rings (SSSR count). The Balaban J connectivity index is 2.24. The van der Waals surface area contributed by atoms with Crippen LogP contribution in [0.2, 0.25) is 5.02 Å². The van der Waals surface area contributed by atoms with Crippen molar-refractivity contribution in [3.8, 4) is 0 Å². The molecule has 1 unspecified atom stereocenters. The molecule has 4 nitrogen and oxygen atoms in total. The van der Waals surface area contributed by atoms with Gasteiger partial charge in [0.25, 0.3) is 0 Å². The lowest BCUT2D eigenvalue weighted by atomic mass is 9.86.